The third kappa shape index (κ3) is 1.18. The highest BCUT2D eigenvalue weighted by molar-refractivity contribution is 14.0. The Morgan fingerprint density at radius 1 is 1.70 bits per heavy atom. The van der Waals surface area contributed by atoms with E-state index in [0.717, 1.165) is 12.2 Å². The Morgan fingerprint density at radius 3 is 3.00 bits per heavy atom. The fraction of sp³-hybridized carbons (Fsp3) is 0.500. The highest BCUT2D eigenvalue weighted by atomic mass is 127. The fourth-order valence-electron chi connectivity index (χ4n) is 1.04. The summed E-state index contributed by atoms with van der Waals surface area (Å²) in [4.78, 5) is 12.5. The molecular formula is C6H8INOS. The average Bonchev–Trinajstić information content (AvgIpc) is 1.86. The maximum Gasteiger partial charge on any atom is 0.230 e. The van der Waals surface area contributed by atoms with Crippen LogP contribution >= 0.6 is 35.7 Å². The molecule has 10 heavy (non-hydrogen) atoms. The monoisotopic (exact) mass is 269 g/mol. The zero-order chi connectivity index (χ0) is 6.27. The Bertz CT molecular complexity index is 183. The molecule has 0 aliphatic carbocycles. The van der Waals surface area contributed by atoms with Crippen molar-refractivity contribution < 1.29 is 4.79 Å². The standard InChI is InChI=1S/C6H7NOS.HI/c8-5-4-6-7(5)2-1-3-9-6;/h1-2,6H,3-4H2;1H/t6-;/m1./s1. The van der Waals surface area contributed by atoms with Crippen molar-refractivity contribution >= 4 is 41.6 Å². The Kier molecular flexibility index (Phi) is 2.62. The molecule has 0 aromatic heterocycles. The molecule has 2 aliphatic heterocycles. The first kappa shape index (κ1) is 8.39. The molecule has 2 aliphatic rings. The van der Waals surface area contributed by atoms with Crippen LogP contribution in [0.25, 0.3) is 0 Å². The van der Waals surface area contributed by atoms with E-state index in [-0.39, 0.29) is 29.9 Å². The summed E-state index contributed by atoms with van der Waals surface area (Å²) >= 11 is 1.84. The number of hydrogen-bond donors (Lipinski definition) is 0. The molecule has 2 heterocycles. The van der Waals surface area contributed by atoms with Crippen molar-refractivity contribution in [2.75, 3.05) is 5.75 Å². The van der Waals surface area contributed by atoms with E-state index in [4.69, 9.17) is 0 Å². The molecule has 0 aromatic rings. The van der Waals surface area contributed by atoms with E-state index in [1.165, 1.54) is 0 Å². The van der Waals surface area contributed by atoms with Gasteiger partial charge in [-0.1, -0.05) is 6.08 Å². The number of halogens is 1. The van der Waals surface area contributed by atoms with E-state index in [1.54, 1.807) is 4.90 Å². The van der Waals surface area contributed by atoms with Gasteiger partial charge in [0.1, 0.15) is 0 Å². The molecule has 0 N–H and O–H groups in total. The minimum Gasteiger partial charge on any atom is -0.306 e. The first-order valence-corrected chi connectivity index (χ1v) is 4.02. The molecule has 56 valence electrons. The van der Waals surface area contributed by atoms with E-state index in [0.29, 0.717) is 5.37 Å². The predicted molar refractivity (Wildman–Crippen MR) is 52.3 cm³/mol. The summed E-state index contributed by atoms with van der Waals surface area (Å²) in [7, 11) is 0. The van der Waals surface area contributed by atoms with Crippen molar-refractivity contribution in [1.29, 1.82) is 0 Å². The predicted octanol–water partition coefficient (Wildman–Crippen LogP) is 1.42. The highest BCUT2D eigenvalue weighted by Gasteiger charge is 2.35. The number of rotatable bonds is 0. The van der Waals surface area contributed by atoms with Crippen LogP contribution in [0.3, 0.4) is 0 Å². The number of amides is 1. The van der Waals surface area contributed by atoms with Gasteiger partial charge in [0.25, 0.3) is 0 Å². The number of fused-ring (bicyclic) bond motifs is 1. The van der Waals surface area contributed by atoms with Crippen molar-refractivity contribution in [1.82, 2.24) is 4.90 Å². The minimum absolute atomic E-state index is 0. The molecule has 4 heteroatoms. The molecule has 1 saturated heterocycles. The van der Waals surface area contributed by atoms with Crippen LogP contribution in [0.15, 0.2) is 12.3 Å². The average molecular weight is 269 g/mol. The lowest BCUT2D eigenvalue weighted by atomic mass is 10.2. The van der Waals surface area contributed by atoms with Gasteiger partial charge in [0.2, 0.25) is 5.91 Å². The zero-order valence-corrected chi connectivity index (χ0v) is 8.47. The van der Waals surface area contributed by atoms with Gasteiger partial charge in [0, 0.05) is 12.0 Å². The van der Waals surface area contributed by atoms with Crippen LogP contribution in [-0.2, 0) is 4.79 Å². The molecular weight excluding hydrogens is 261 g/mol. The van der Waals surface area contributed by atoms with Crippen LogP contribution in [-0.4, -0.2) is 21.9 Å². The van der Waals surface area contributed by atoms with E-state index in [2.05, 4.69) is 0 Å². The summed E-state index contributed by atoms with van der Waals surface area (Å²) in [6.07, 6.45) is 4.67. The number of nitrogens with zero attached hydrogens (tertiary/aromatic N) is 1. The van der Waals surface area contributed by atoms with Crippen LogP contribution in [0.1, 0.15) is 6.42 Å². The number of carbonyl (C=O) groups is 1. The molecule has 0 unspecified atom stereocenters. The summed E-state index contributed by atoms with van der Waals surface area (Å²) in [5.74, 6) is 1.33. The maximum absolute atomic E-state index is 10.7. The normalized spacial score (nSPS) is 28.6. The van der Waals surface area contributed by atoms with Crippen molar-refractivity contribution in [2.24, 2.45) is 0 Å². The van der Waals surface area contributed by atoms with E-state index in [9.17, 15) is 4.79 Å². The van der Waals surface area contributed by atoms with Gasteiger partial charge in [-0.2, -0.15) is 0 Å². The summed E-state index contributed by atoms with van der Waals surface area (Å²) in [5, 5.41) is 0.475. The van der Waals surface area contributed by atoms with Crippen LogP contribution in [0.2, 0.25) is 0 Å². The lowest BCUT2D eigenvalue weighted by Gasteiger charge is -2.39. The summed E-state index contributed by atoms with van der Waals surface area (Å²) < 4.78 is 0. The molecule has 0 saturated carbocycles. The van der Waals surface area contributed by atoms with Crippen molar-refractivity contribution in [3.05, 3.63) is 12.3 Å². The van der Waals surface area contributed by atoms with Crippen LogP contribution in [0.4, 0.5) is 0 Å². The van der Waals surface area contributed by atoms with Gasteiger partial charge in [0.05, 0.1) is 11.8 Å². The van der Waals surface area contributed by atoms with Crippen LogP contribution in [0.5, 0.6) is 0 Å². The third-order valence-electron chi connectivity index (χ3n) is 1.60. The second kappa shape index (κ2) is 3.13. The first-order valence-electron chi connectivity index (χ1n) is 2.97. The Morgan fingerprint density at radius 2 is 2.50 bits per heavy atom. The molecule has 2 rings (SSSR count). The topological polar surface area (TPSA) is 20.3 Å². The highest BCUT2D eigenvalue weighted by Crippen LogP contribution is 2.32. The second-order valence-corrected chi connectivity index (χ2v) is 3.39. The second-order valence-electron chi connectivity index (χ2n) is 2.18. The Hall–Kier alpha value is 0.290. The summed E-state index contributed by atoms with van der Waals surface area (Å²) in [5.41, 5.74) is 0. The minimum atomic E-state index is 0. The maximum atomic E-state index is 10.7. The van der Waals surface area contributed by atoms with Crippen molar-refractivity contribution in [2.45, 2.75) is 11.8 Å². The molecule has 0 aromatic carbocycles. The fourth-order valence-corrected chi connectivity index (χ4v) is 2.07. The molecule has 0 bridgehead atoms. The van der Waals surface area contributed by atoms with Gasteiger partial charge < -0.3 is 4.90 Å². The quantitative estimate of drug-likeness (QED) is 0.489. The van der Waals surface area contributed by atoms with Crippen LogP contribution < -0.4 is 0 Å². The molecule has 1 amide bonds. The zero-order valence-electron chi connectivity index (χ0n) is 5.32. The van der Waals surface area contributed by atoms with E-state index >= 15 is 0 Å². The largest absolute Gasteiger partial charge is 0.306 e. The lowest BCUT2D eigenvalue weighted by Crippen LogP contribution is -2.48. The van der Waals surface area contributed by atoms with E-state index < -0.39 is 0 Å². The van der Waals surface area contributed by atoms with Gasteiger partial charge in [-0.25, -0.2) is 0 Å². The lowest BCUT2D eigenvalue weighted by molar-refractivity contribution is -0.137. The molecule has 1 fully saturated rings. The van der Waals surface area contributed by atoms with Crippen LogP contribution in [0, 0.1) is 0 Å². The number of carbonyl (C=O) groups excluding carboxylic acids is 1. The first-order chi connectivity index (χ1) is 4.38. The Labute approximate surface area is 81.1 Å². The van der Waals surface area contributed by atoms with E-state index in [1.807, 2.05) is 24.0 Å². The number of thioether (sulfide) groups is 1. The summed E-state index contributed by atoms with van der Waals surface area (Å²) in [6.45, 7) is 0. The third-order valence-corrected chi connectivity index (χ3v) is 2.76. The van der Waals surface area contributed by atoms with Crippen molar-refractivity contribution in [3.63, 3.8) is 0 Å². The number of hydrogen-bond acceptors (Lipinski definition) is 2. The Balaban J connectivity index is 0.000000500. The molecule has 0 spiro atoms. The SMILES string of the molecule is I.O=C1C[C@H]2SCC=CN12. The number of β-lactam (4-membered cyclic amide) rings is 1. The van der Waals surface area contributed by atoms with Gasteiger partial charge in [-0.15, -0.1) is 35.7 Å². The molecule has 2 nitrogen and oxygen atoms in total. The molecule has 0 radical (unpaired) electrons. The van der Waals surface area contributed by atoms with Gasteiger partial charge in [-0.3, -0.25) is 4.79 Å². The van der Waals surface area contributed by atoms with Gasteiger partial charge in [-0.05, 0) is 0 Å². The summed E-state index contributed by atoms with van der Waals surface area (Å²) in [6, 6.07) is 0. The smallest absolute Gasteiger partial charge is 0.230 e. The molecule has 1 atom stereocenters. The van der Waals surface area contributed by atoms with Gasteiger partial charge >= 0.3 is 0 Å². The van der Waals surface area contributed by atoms with Crippen molar-refractivity contribution in [3.8, 4) is 0 Å². The van der Waals surface area contributed by atoms with Gasteiger partial charge in [0.15, 0.2) is 0 Å².